The zero-order valence-electron chi connectivity index (χ0n) is 9.88. The molecule has 0 aliphatic carbocycles. The summed E-state index contributed by atoms with van der Waals surface area (Å²) in [7, 11) is -3.13. The van der Waals surface area contributed by atoms with Crippen LogP contribution < -0.4 is 10.2 Å². The molecule has 1 fully saturated rings. The van der Waals surface area contributed by atoms with Crippen LogP contribution >= 0.6 is 0 Å². The summed E-state index contributed by atoms with van der Waals surface area (Å²) in [5, 5.41) is 2.76. The first-order chi connectivity index (χ1) is 8.48. The van der Waals surface area contributed by atoms with Crippen LogP contribution in [0.25, 0.3) is 0 Å². The molecule has 1 aromatic heterocycles. The number of anilines is 2. The van der Waals surface area contributed by atoms with E-state index in [-0.39, 0.29) is 17.4 Å². The van der Waals surface area contributed by atoms with Gasteiger partial charge in [-0.2, -0.15) is 0 Å². The molecular formula is C11H13N3O3S. The molecule has 3 heterocycles. The van der Waals surface area contributed by atoms with Gasteiger partial charge in [0, 0.05) is 12.7 Å². The maximum atomic E-state index is 12.0. The van der Waals surface area contributed by atoms with Crippen molar-refractivity contribution in [2.75, 3.05) is 28.3 Å². The Kier molecular flexibility index (Phi) is 2.34. The molecule has 1 saturated heterocycles. The largest absolute Gasteiger partial charge is 0.341 e. The predicted octanol–water partition coefficient (Wildman–Crippen LogP) is -0.0545. The fourth-order valence-electron chi connectivity index (χ4n) is 2.40. The fourth-order valence-corrected chi connectivity index (χ4v) is 3.85. The molecule has 1 unspecified atom stereocenters. The lowest BCUT2D eigenvalue weighted by Gasteiger charge is -2.39. The SMILES string of the molecule is Cc1ccnc2c1NC(=O)C1CS(=O)(=O)CCN21. The van der Waals surface area contributed by atoms with Crippen LogP contribution in [0.1, 0.15) is 5.56 Å². The maximum absolute atomic E-state index is 12.0. The predicted molar refractivity (Wildman–Crippen MR) is 67.4 cm³/mol. The number of aryl methyl sites for hydroxylation is 1. The number of fused-ring (bicyclic) bond motifs is 3. The Labute approximate surface area is 105 Å². The number of nitrogens with zero attached hydrogens (tertiary/aromatic N) is 2. The minimum atomic E-state index is -3.13. The van der Waals surface area contributed by atoms with E-state index in [0.29, 0.717) is 18.1 Å². The van der Waals surface area contributed by atoms with Crippen molar-refractivity contribution in [3.8, 4) is 0 Å². The Morgan fingerprint density at radius 2 is 2.28 bits per heavy atom. The standard InChI is InChI=1S/C11H13N3O3S/c1-7-2-3-12-10-9(7)13-11(15)8-6-18(16,17)5-4-14(8)10/h2-3,8H,4-6H2,1H3,(H,13,15). The van der Waals surface area contributed by atoms with E-state index in [2.05, 4.69) is 10.3 Å². The van der Waals surface area contributed by atoms with Gasteiger partial charge in [-0.1, -0.05) is 0 Å². The van der Waals surface area contributed by atoms with Crippen LogP contribution in [-0.2, 0) is 14.6 Å². The van der Waals surface area contributed by atoms with Crippen LogP contribution in [0, 0.1) is 6.92 Å². The number of aromatic nitrogens is 1. The first-order valence-electron chi connectivity index (χ1n) is 5.71. The van der Waals surface area contributed by atoms with E-state index >= 15 is 0 Å². The van der Waals surface area contributed by atoms with E-state index in [0.717, 1.165) is 5.56 Å². The van der Waals surface area contributed by atoms with Crippen molar-refractivity contribution in [2.24, 2.45) is 0 Å². The molecule has 6 nitrogen and oxygen atoms in total. The van der Waals surface area contributed by atoms with Crippen LogP contribution in [0.2, 0.25) is 0 Å². The fraction of sp³-hybridized carbons (Fsp3) is 0.455. The Bertz CT molecular complexity index is 626. The van der Waals surface area contributed by atoms with E-state index in [1.165, 1.54) is 0 Å². The van der Waals surface area contributed by atoms with Gasteiger partial charge in [0.25, 0.3) is 0 Å². The average Bonchev–Trinajstić information content (AvgIpc) is 2.30. The van der Waals surface area contributed by atoms with Crippen LogP contribution in [-0.4, -0.2) is 43.4 Å². The summed E-state index contributed by atoms with van der Waals surface area (Å²) in [5.74, 6) is 0.357. The molecule has 0 aromatic carbocycles. The van der Waals surface area contributed by atoms with E-state index < -0.39 is 15.9 Å². The molecule has 0 spiro atoms. The molecular weight excluding hydrogens is 254 g/mol. The minimum absolute atomic E-state index is 0.0752. The van der Waals surface area contributed by atoms with Crippen molar-refractivity contribution < 1.29 is 13.2 Å². The number of pyridine rings is 1. The smallest absolute Gasteiger partial charge is 0.248 e. The summed E-state index contributed by atoms with van der Waals surface area (Å²) < 4.78 is 23.2. The molecule has 1 atom stereocenters. The number of nitrogens with one attached hydrogen (secondary N) is 1. The third-order valence-electron chi connectivity index (χ3n) is 3.39. The lowest BCUT2D eigenvalue weighted by molar-refractivity contribution is -0.117. The van der Waals surface area contributed by atoms with Crippen LogP contribution in [0.5, 0.6) is 0 Å². The lowest BCUT2D eigenvalue weighted by atomic mass is 10.1. The number of hydrogen-bond acceptors (Lipinski definition) is 5. The number of sulfone groups is 1. The van der Waals surface area contributed by atoms with Gasteiger partial charge in [-0.25, -0.2) is 13.4 Å². The maximum Gasteiger partial charge on any atom is 0.248 e. The van der Waals surface area contributed by atoms with Gasteiger partial charge in [-0.15, -0.1) is 0 Å². The van der Waals surface area contributed by atoms with Crippen LogP contribution in [0.3, 0.4) is 0 Å². The van der Waals surface area contributed by atoms with E-state index in [4.69, 9.17) is 0 Å². The molecule has 18 heavy (non-hydrogen) atoms. The number of amides is 1. The van der Waals surface area contributed by atoms with Gasteiger partial charge in [0.2, 0.25) is 5.91 Å². The van der Waals surface area contributed by atoms with Crippen molar-refractivity contribution in [3.63, 3.8) is 0 Å². The lowest BCUT2D eigenvalue weighted by Crippen LogP contribution is -2.57. The third kappa shape index (κ3) is 1.66. The molecule has 1 aromatic rings. The highest BCUT2D eigenvalue weighted by Crippen LogP contribution is 2.34. The Balaban J connectivity index is 2.09. The van der Waals surface area contributed by atoms with E-state index in [9.17, 15) is 13.2 Å². The summed E-state index contributed by atoms with van der Waals surface area (Å²) in [6.45, 7) is 2.21. The van der Waals surface area contributed by atoms with Gasteiger partial charge in [0.15, 0.2) is 15.7 Å². The molecule has 0 bridgehead atoms. The molecule has 0 saturated carbocycles. The highest BCUT2D eigenvalue weighted by Gasteiger charge is 2.41. The van der Waals surface area contributed by atoms with Gasteiger partial charge < -0.3 is 10.2 Å². The number of carbonyl (C=O) groups is 1. The highest BCUT2D eigenvalue weighted by atomic mass is 32.2. The average molecular weight is 267 g/mol. The van der Waals surface area contributed by atoms with Crippen molar-refractivity contribution >= 4 is 27.2 Å². The Hall–Kier alpha value is -1.63. The Morgan fingerprint density at radius 3 is 3.06 bits per heavy atom. The monoisotopic (exact) mass is 267 g/mol. The minimum Gasteiger partial charge on any atom is -0.341 e. The number of carbonyl (C=O) groups excluding carboxylic acids is 1. The second-order valence-corrected chi connectivity index (χ2v) is 6.87. The molecule has 1 amide bonds. The molecule has 3 rings (SSSR count). The van der Waals surface area contributed by atoms with Crippen LogP contribution in [0.4, 0.5) is 11.5 Å². The molecule has 7 heteroatoms. The van der Waals surface area contributed by atoms with Gasteiger partial charge >= 0.3 is 0 Å². The van der Waals surface area contributed by atoms with Gasteiger partial charge in [0.1, 0.15) is 6.04 Å². The van der Waals surface area contributed by atoms with Gasteiger partial charge in [0.05, 0.1) is 17.2 Å². The zero-order valence-corrected chi connectivity index (χ0v) is 10.7. The molecule has 96 valence electrons. The number of hydrogen-bond donors (Lipinski definition) is 1. The number of rotatable bonds is 0. The second-order valence-electron chi connectivity index (χ2n) is 4.64. The molecule has 0 radical (unpaired) electrons. The summed E-state index contributed by atoms with van der Waals surface area (Å²) in [6.07, 6.45) is 1.67. The van der Waals surface area contributed by atoms with Crippen LogP contribution in [0.15, 0.2) is 12.3 Å². The summed E-state index contributed by atoms with van der Waals surface area (Å²) in [5.41, 5.74) is 1.62. The van der Waals surface area contributed by atoms with Crippen molar-refractivity contribution in [1.29, 1.82) is 0 Å². The highest BCUT2D eigenvalue weighted by molar-refractivity contribution is 7.91. The quantitative estimate of drug-likeness (QED) is 0.712. The van der Waals surface area contributed by atoms with Crippen molar-refractivity contribution in [2.45, 2.75) is 13.0 Å². The van der Waals surface area contributed by atoms with E-state index in [1.807, 2.05) is 13.0 Å². The second kappa shape index (κ2) is 3.68. The summed E-state index contributed by atoms with van der Waals surface area (Å²) in [4.78, 5) is 18.0. The van der Waals surface area contributed by atoms with Crippen molar-refractivity contribution in [1.82, 2.24) is 4.98 Å². The Morgan fingerprint density at radius 1 is 1.50 bits per heavy atom. The molecule has 2 aliphatic rings. The van der Waals surface area contributed by atoms with E-state index in [1.54, 1.807) is 11.1 Å². The van der Waals surface area contributed by atoms with Gasteiger partial charge in [-0.05, 0) is 18.6 Å². The topological polar surface area (TPSA) is 79.4 Å². The first-order valence-corrected chi connectivity index (χ1v) is 7.53. The normalized spacial score (nSPS) is 25.1. The zero-order chi connectivity index (χ0) is 12.9. The van der Waals surface area contributed by atoms with Crippen molar-refractivity contribution in [3.05, 3.63) is 17.8 Å². The third-order valence-corrected chi connectivity index (χ3v) is 5.02. The first kappa shape index (κ1) is 11.5. The van der Waals surface area contributed by atoms with Gasteiger partial charge in [-0.3, -0.25) is 4.79 Å². The molecule has 2 aliphatic heterocycles. The summed E-state index contributed by atoms with van der Waals surface area (Å²) in [6, 6.07) is 1.17. The molecule has 1 N–H and O–H groups in total. The summed E-state index contributed by atoms with van der Waals surface area (Å²) >= 11 is 0.